The lowest BCUT2D eigenvalue weighted by Crippen LogP contribution is -1.99. The van der Waals surface area contributed by atoms with Gasteiger partial charge in [-0.1, -0.05) is 19.1 Å². The van der Waals surface area contributed by atoms with Crippen molar-refractivity contribution < 1.29 is 13.5 Å². The van der Waals surface area contributed by atoms with Crippen molar-refractivity contribution in [1.82, 2.24) is 4.98 Å². The number of nitrogens with one attached hydrogen (secondary N) is 1. The summed E-state index contributed by atoms with van der Waals surface area (Å²) in [6.07, 6.45) is 0.895. The molecule has 1 aromatic heterocycles. The lowest BCUT2D eigenvalue weighted by Gasteiger charge is -2.03. The molecule has 6 heteroatoms. The summed E-state index contributed by atoms with van der Waals surface area (Å²) in [5.74, 6) is 0.209. The fourth-order valence-electron chi connectivity index (χ4n) is 1.56. The lowest BCUT2D eigenvalue weighted by atomic mass is 10.3. The van der Waals surface area contributed by atoms with Crippen molar-refractivity contribution >= 4 is 5.88 Å². The van der Waals surface area contributed by atoms with Gasteiger partial charge in [0.2, 0.25) is 17.5 Å². The zero-order chi connectivity index (χ0) is 14.4. The van der Waals surface area contributed by atoms with E-state index in [-0.39, 0.29) is 23.9 Å². The molecule has 0 saturated carbocycles. The quantitative estimate of drug-likeness (QED) is 0.877. The van der Waals surface area contributed by atoms with Crippen molar-refractivity contribution in [1.29, 1.82) is 5.26 Å². The molecular formula is C14H14FN3O2. The van der Waals surface area contributed by atoms with Gasteiger partial charge in [-0.05, 0) is 18.6 Å². The van der Waals surface area contributed by atoms with Gasteiger partial charge < -0.3 is 14.5 Å². The highest BCUT2D eigenvalue weighted by Gasteiger charge is 2.13. The van der Waals surface area contributed by atoms with Gasteiger partial charge >= 0.3 is 0 Å². The molecule has 0 aliphatic carbocycles. The van der Waals surface area contributed by atoms with E-state index in [9.17, 15) is 4.39 Å². The number of hydrogen-bond acceptors (Lipinski definition) is 5. The smallest absolute Gasteiger partial charge is 0.236 e. The molecule has 2 aromatic rings. The Bertz CT molecular complexity index is 619. The van der Waals surface area contributed by atoms with Crippen molar-refractivity contribution in [2.45, 2.75) is 20.0 Å². The van der Waals surface area contributed by atoms with Gasteiger partial charge in [0, 0.05) is 6.54 Å². The number of hydrogen-bond donors (Lipinski definition) is 1. The summed E-state index contributed by atoms with van der Waals surface area (Å²) >= 11 is 0. The van der Waals surface area contributed by atoms with Crippen LogP contribution >= 0.6 is 0 Å². The highest BCUT2D eigenvalue weighted by atomic mass is 19.1. The van der Waals surface area contributed by atoms with Crippen LogP contribution in [0.2, 0.25) is 0 Å². The summed E-state index contributed by atoms with van der Waals surface area (Å²) in [6.45, 7) is 2.64. The number of anilines is 1. The van der Waals surface area contributed by atoms with Crippen LogP contribution in [0.5, 0.6) is 5.75 Å². The van der Waals surface area contributed by atoms with Gasteiger partial charge in [-0.25, -0.2) is 4.39 Å². The second-order valence-electron chi connectivity index (χ2n) is 4.04. The van der Waals surface area contributed by atoms with Crippen molar-refractivity contribution in [3.05, 3.63) is 41.7 Å². The van der Waals surface area contributed by atoms with Crippen LogP contribution in [0.15, 0.2) is 28.7 Å². The summed E-state index contributed by atoms with van der Waals surface area (Å²) in [6, 6.07) is 8.00. The summed E-state index contributed by atoms with van der Waals surface area (Å²) in [5.41, 5.74) is 0.172. The minimum atomic E-state index is -0.455. The number of nitrogens with zero attached hydrogens (tertiary/aromatic N) is 2. The van der Waals surface area contributed by atoms with E-state index >= 15 is 0 Å². The van der Waals surface area contributed by atoms with Crippen LogP contribution in [-0.4, -0.2) is 11.5 Å². The lowest BCUT2D eigenvalue weighted by molar-refractivity contribution is 0.253. The molecule has 0 saturated heterocycles. The van der Waals surface area contributed by atoms with Crippen molar-refractivity contribution in [3.63, 3.8) is 0 Å². The average Bonchev–Trinajstić information content (AvgIpc) is 2.86. The minimum absolute atomic E-state index is 0.0383. The Morgan fingerprint density at radius 2 is 2.25 bits per heavy atom. The summed E-state index contributed by atoms with van der Waals surface area (Å²) in [4.78, 5) is 3.99. The molecule has 20 heavy (non-hydrogen) atoms. The molecule has 5 nitrogen and oxygen atoms in total. The Labute approximate surface area is 116 Å². The Morgan fingerprint density at radius 3 is 2.95 bits per heavy atom. The molecule has 0 atom stereocenters. The van der Waals surface area contributed by atoms with Gasteiger partial charge in [-0.2, -0.15) is 10.2 Å². The molecule has 0 bridgehead atoms. The zero-order valence-corrected chi connectivity index (χ0v) is 11.0. The maximum atomic E-state index is 13.4. The first-order valence-corrected chi connectivity index (χ1v) is 6.25. The summed E-state index contributed by atoms with van der Waals surface area (Å²) in [5, 5.41) is 11.9. The van der Waals surface area contributed by atoms with Crippen LogP contribution in [0.4, 0.5) is 10.3 Å². The fourth-order valence-corrected chi connectivity index (χ4v) is 1.56. The molecule has 0 aliphatic heterocycles. The predicted molar refractivity (Wildman–Crippen MR) is 70.7 cm³/mol. The Kier molecular flexibility index (Phi) is 4.56. The molecule has 0 fully saturated rings. The molecule has 0 aliphatic rings. The average molecular weight is 275 g/mol. The van der Waals surface area contributed by atoms with Crippen LogP contribution in [0.25, 0.3) is 0 Å². The van der Waals surface area contributed by atoms with E-state index in [1.165, 1.54) is 12.1 Å². The van der Waals surface area contributed by atoms with Gasteiger partial charge in [0.25, 0.3) is 0 Å². The summed E-state index contributed by atoms with van der Waals surface area (Å²) < 4.78 is 24.0. The number of aromatic nitrogens is 1. The highest BCUT2D eigenvalue weighted by Crippen LogP contribution is 2.20. The van der Waals surface area contributed by atoms with E-state index in [2.05, 4.69) is 10.3 Å². The number of oxazole rings is 1. The Morgan fingerprint density at radius 1 is 1.45 bits per heavy atom. The first-order chi connectivity index (χ1) is 9.74. The summed E-state index contributed by atoms with van der Waals surface area (Å²) in [7, 11) is 0. The van der Waals surface area contributed by atoms with Crippen LogP contribution in [0, 0.1) is 17.1 Å². The monoisotopic (exact) mass is 275 g/mol. The molecular weight excluding hydrogens is 261 g/mol. The van der Waals surface area contributed by atoms with Crippen LogP contribution in [0.3, 0.4) is 0 Å². The highest BCUT2D eigenvalue weighted by molar-refractivity contribution is 5.45. The molecule has 0 radical (unpaired) electrons. The van der Waals surface area contributed by atoms with Gasteiger partial charge in [0.15, 0.2) is 18.2 Å². The standard InChI is InChI=1S/C14H14FN3O2/c1-2-7-17-14-11(8-16)18-13(20-14)9-19-12-6-4-3-5-10(12)15/h3-6,17H,2,7,9H2,1H3. The van der Waals surface area contributed by atoms with Crippen LogP contribution in [-0.2, 0) is 6.61 Å². The first kappa shape index (κ1) is 13.9. The number of nitriles is 1. The molecule has 0 unspecified atom stereocenters. The molecule has 1 heterocycles. The maximum Gasteiger partial charge on any atom is 0.236 e. The van der Waals surface area contributed by atoms with E-state index < -0.39 is 5.82 Å². The third kappa shape index (κ3) is 3.26. The van der Waals surface area contributed by atoms with Gasteiger partial charge in [0.1, 0.15) is 6.07 Å². The fraction of sp³-hybridized carbons (Fsp3) is 0.286. The second-order valence-corrected chi connectivity index (χ2v) is 4.04. The molecule has 1 aromatic carbocycles. The molecule has 2 rings (SSSR count). The first-order valence-electron chi connectivity index (χ1n) is 6.25. The van der Waals surface area contributed by atoms with Crippen LogP contribution in [0.1, 0.15) is 24.9 Å². The predicted octanol–water partition coefficient (Wildman–Crippen LogP) is 3.09. The van der Waals surface area contributed by atoms with Gasteiger partial charge in [0.05, 0.1) is 0 Å². The minimum Gasteiger partial charge on any atom is -0.481 e. The topological polar surface area (TPSA) is 71.1 Å². The third-order valence-electron chi connectivity index (χ3n) is 2.50. The van der Waals surface area contributed by atoms with Crippen molar-refractivity contribution in [2.75, 3.05) is 11.9 Å². The second kappa shape index (κ2) is 6.57. The Hall–Kier alpha value is -2.55. The van der Waals surface area contributed by atoms with Crippen LogP contribution < -0.4 is 10.1 Å². The number of ether oxygens (including phenoxy) is 1. The van der Waals surface area contributed by atoms with E-state index in [1.807, 2.05) is 13.0 Å². The maximum absolute atomic E-state index is 13.4. The number of benzene rings is 1. The molecule has 0 amide bonds. The molecule has 1 N–H and O–H groups in total. The normalized spacial score (nSPS) is 10.1. The zero-order valence-electron chi connectivity index (χ0n) is 11.0. The number of para-hydroxylation sites is 1. The number of rotatable bonds is 6. The van der Waals surface area contributed by atoms with E-state index in [1.54, 1.807) is 12.1 Å². The SMILES string of the molecule is CCCNc1oc(COc2ccccc2F)nc1C#N. The van der Waals surface area contributed by atoms with Gasteiger partial charge in [-0.15, -0.1) is 0 Å². The Balaban J connectivity index is 2.05. The number of halogens is 1. The molecule has 104 valence electrons. The van der Waals surface area contributed by atoms with E-state index in [4.69, 9.17) is 14.4 Å². The van der Waals surface area contributed by atoms with Gasteiger partial charge in [-0.3, -0.25) is 0 Å². The van der Waals surface area contributed by atoms with E-state index in [0.29, 0.717) is 12.4 Å². The van der Waals surface area contributed by atoms with E-state index in [0.717, 1.165) is 6.42 Å². The largest absolute Gasteiger partial charge is 0.481 e. The third-order valence-corrected chi connectivity index (χ3v) is 2.50. The van der Waals surface area contributed by atoms with Crippen molar-refractivity contribution in [3.8, 4) is 11.8 Å². The van der Waals surface area contributed by atoms with Crippen molar-refractivity contribution in [2.24, 2.45) is 0 Å². The molecule has 0 spiro atoms.